The van der Waals surface area contributed by atoms with Gasteiger partial charge in [-0.3, -0.25) is 10.0 Å². The molecule has 7 nitrogen and oxygen atoms in total. The van der Waals surface area contributed by atoms with Crippen LogP contribution in [0.3, 0.4) is 0 Å². The van der Waals surface area contributed by atoms with Crippen molar-refractivity contribution in [2.75, 3.05) is 33.0 Å². The molecule has 0 aromatic heterocycles. The zero-order chi connectivity index (χ0) is 15.4. The first kappa shape index (κ1) is 23.8. The second-order valence-electron chi connectivity index (χ2n) is 4.51. The van der Waals surface area contributed by atoms with Gasteiger partial charge in [-0.25, -0.2) is 5.06 Å². The maximum Gasteiger partial charge on any atom is 1.00 e. The Balaban J connectivity index is 0. The van der Waals surface area contributed by atoms with E-state index in [9.17, 15) is 14.3 Å². The fourth-order valence-corrected chi connectivity index (χ4v) is 2.45. The third-order valence-electron chi connectivity index (χ3n) is 2.55. The van der Waals surface area contributed by atoms with E-state index in [1.807, 2.05) is 0 Å². The van der Waals surface area contributed by atoms with Crippen molar-refractivity contribution in [3.05, 3.63) is 0 Å². The minimum atomic E-state index is -3.90. The molecular weight excluding hydrogens is 308 g/mol. The predicted molar refractivity (Wildman–Crippen MR) is 72.6 cm³/mol. The predicted octanol–water partition coefficient (Wildman–Crippen LogP) is -1.60. The Bertz CT molecular complexity index is 316. The summed E-state index contributed by atoms with van der Waals surface area (Å²) in [5.41, 5.74) is 0. The molecule has 0 fully saturated rings. The number of amides is 1. The van der Waals surface area contributed by atoms with Gasteiger partial charge in [0.2, 0.25) is 5.91 Å². The van der Waals surface area contributed by atoms with Crippen molar-refractivity contribution in [1.82, 2.24) is 5.06 Å². The number of hydrogen-bond acceptors (Lipinski definition) is 6. The van der Waals surface area contributed by atoms with Crippen molar-refractivity contribution in [2.24, 2.45) is 0 Å². The van der Waals surface area contributed by atoms with Gasteiger partial charge >= 0.3 is 29.6 Å². The molecule has 1 unspecified atom stereocenters. The Hall–Kier alpha value is 0.540. The molecule has 1 N–H and O–H groups in total. The average molecular weight is 333 g/mol. The first-order valence-electron chi connectivity index (χ1n) is 6.87. The number of hydrogen-bond donors (Lipinski definition) is 1. The molecule has 0 aromatic carbocycles. The zero-order valence-corrected chi connectivity index (χ0v) is 16.1. The maximum absolute atomic E-state index is 11.5. The maximum atomic E-state index is 11.5. The van der Waals surface area contributed by atoms with Crippen LogP contribution in [0.1, 0.15) is 39.0 Å². The van der Waals surface area contributed by atoms with Gasteiger partial charge in [0.25, 0.3) is 0 Å². The van der Waals surface area contributed by atoms with Gasteiger partial charge < -0.3 is 18.7 Å². The molecule has 1 atom stereocenters. The van der Waals surface area contributed by atoms with Crippen LogP contribution in [0.15, 0.2) is 0 Å². The number of unbranched alkanes of at least 4 members (excludes halogenated alkanes) is 1. The van der Waals surface area contributed by atoms with Gasteiger partial charge in [-0.05, 0) is 19.3 Å². The summed E-state index contributed by atoms with van der Waals surface area (Å²) in [5.74, 6) is -0.519. The van der Waals surface area contributed by atoms with Gasteiger partial charge in [0.05, 0.1) is 6.61 Å². The Morgan fingerprint density at radius 3 is 2.43 bits per heavy atom. The first-order chi connectivity index (χ1) is 9.39. The third-order valence-corrected chi connectivity index (χ3v) is 3.99. The van der Waals surface area contributed by atoms with Crippen LogP contribution in [0.5, 0.6) is 0 Å². The first-order valence-corrected chi connectivity index (χ1v) is 8.59. The van der Waals surface area contributed by atoms with E-state index in [-0.39, 0.29) is 55.2 Å². The monoisotopic (exact) mass is 333 g/mol. The summed E-state index contributed by atoms with van der Waals surface area (Å²) >= 11 is 0. The summed E-state index contributed by atoms with van der Waals surface area (Å²) in [4.78, 5) is 22.5. The van der Waals surface area contributed by atoms with E-state index in [2.05, 4.69) is 6.92 Å². The standard InChI is InChI=1S/C12H26NO6P.Na/c1-3-4-8-18-9-6-10-19-20(16,17)11-5-7-12(14)13(2)15;/h15H,3-11H2,1-2H3,(H,16,17);/q;+1/p-1. The molecule has 21 heavy (non-hydrogen) atoms. The minimum Gasteiger partial charge on any atom is -0.778 e. The van der Waals surface area contributed by atoms with E-state index in [4.69, 9.17) is 14.5 Å². The molecular formula is C12H25NNaO6P. The Morgan fingerprint density at radius 1 is 1.24 bits per heavy atom. The molecule has 0 aliphatic carbocycles. The van der Waals surface area contributed by atoms with Crippen molar-refractivity contribution in [3.63, 3.8) is 0 Å². The molecule has 0 saturated carbocycles. The Labute approximate surface area is 148 Å². The van der Waals surface area contributed by atoms with Crippen LogP contribution in [0.2, 0.25) is 0 Å². The number of ether oxygens (including phenoxy) is 1. The Kier molecular flexibility index (Phi) is 16.0. The van der Waals surface area contributed by atoms with E-state index in [0.717, 1.165) is 12.8 Å². The molecule has 0 bridgehead atoms. The van der Waals surface area contributed by atoms with Crippen LogP contribution in [0, 0.1) is 0 Å². The molecule has 0 aromatic rings. The van der Waals surface area contributed by atoms with Crippen molar-refractivity contribution < 1.29 is 58.3 Å². The van der Waals surface area contributed by atoms with Gasteiger partial charge in [0, 0.05) is 32.8 Å². The second-order valence-corrected chi connectivity index (χ2v) is 6.44. The normalized spacial score (nSPS) is 13.3. The number of rotatable bonds is 12. The SMILES string of the molecule is CCCCOCCCOP(=O)([O-])CCCC(=O)N(C)O.[Na+]. The van der Waals surface area contributed by atoms with Gasteiger partial charge in [-0.2, -0.15) is 0 Å². The summed E-state index contributed by atoms with van der Waals surface area (Å²) in [6.07, 6.45) is 2.49. The summed E-state index contributed by atoms with van der Waals surface area (Å²) in [6.45, 7) is 3.33. The topological polar surface area (TPSA) is 99.1 Å². The third kappa shape index (κ3) is 15.2. The number of nitrogens with zero attached hydrogens (tertiary/aromatic N) is 1. The minimum absolute atomic E-state index is 0. The quantitative estimate of drug-likeness (QED) is 0.152. The zero-order valence-electron chi connectivity index (χ0n) is 13.2. The van der Waals surface area contributed by atoms with Crippen LogP contribution in [0.4, 0.5) is 0 Å². The largest absolute Gasteiger partial charge is 1.00 e. The van der Waals surface area contributed by atoms with Crippen LogP contribution in [-0.4, -0.2) is 49.2 Å². The molecule has 0 aliphatic rings. The molecule has 0 saturated heterocycles. The summed E-state index contributed by atoms with van der Waals surface area (Å²) in [6, 6.07) is 0. The van der Waals surface area contributed by atoms with Crippen molar-refractivity contribution in [2.45, 2.75) is 39.0 Å². The smallest absolute Gasteiger partial charge is 0.778 e. The van der Waals surface area contributed by atoms with E-state index in [0.29, 0.717) is 24.7 Å². The molecule has 0 aliphatic heterocycles. The van der Waals surface area contributed by atoms with E-state index >= 15 is 0 Å². The molecule has 1 amide bonds. The summed E-state index contributed by atoms with van der Waals surface area (Å²) in [5, 5.41) is 9.25. The van der Waals surface area contributed by atoms with Crippen LogP contribution in [-0.2, 0) is 18.6 Å². The van der Waals surface area contributed by atoms with Gasteiger partial charge in [0.1, 0.15) is 7.60 Å². The van der Waals surface area contributed by atoms with Crippen LogP contribution >= 0.6 is 7.60 Å². The summed E-state index contributed by atoms with van der Waals surface area (Å²) < 4.78 is 21.6. The van der Waals surface area contributed by atoms with Crippen molar-refractivity contribution in [1.29, 1.82) is 0 Å². The molecule has 9 heteroatoms. The Morgan fingerprint density at radius 2 is 1.86 bits per heavy atom. The number of carbonyl (C=O) groups is 1. The van der Waals surface area contributed by atoms with Gasteiger partial charge in [-0.1, -0.05) is 13.3 Å². The molecule has 0 rings (SSSR count). The average Bonchev–Trinajstić information content (AvgIpc) is 2.37. The number of hydroxylamine groups is 2. The molecule has 0 radical (unpaired) electrons. The van der Waals surface area contributed by atoms with Gasteiger partial charge in [-0.15, -0.1) is 0 Å². The van der Waals surface area contributed by atoms with E-state index < -0.39 is 13.5 Å². The second kappa shape index (κ2) is 14.2. The number of carbonyl (C=O) groups excluding carboxylic acids is 1. The molecule has 0 spiro atoms. The van der Waals surface area contributed by atoms with Crippen LogP contribution in [0.25, 0.3) is 0 Å². The van der Waals surface area contributed by atoms with E-state index in [1.165, 1.54) is 7.05 Å². The molecule has 120 valence electrons. The van der Waals surface area contributed by atoms with Crippen molar-refractivity contribution in [3.8, 4) is 0 Å². The molecule has 0 heterocycles. The van der Waals surface area contributed by atoms with E-state index in [1.54, 1.807) is 0 Å². The fraction of sp³-hybridized carbons (Fsp3) is 0.917. The van der Waals surface area contributed by atoms with Crippen molar-refractivity contribution >= 4 is 13.5 Å². The van der Waals surface area contributed by atoms with Gasteiger partial charge in [0.15, 0.2) is 0 Å². The summed E-state index contributed by atoms with van der Waals surface area (Å²) in [7, 11) is -2.70. The fourth-order valence-electron chi connectivity index (χ4n) is 1.36. The van der Waals surface area contributed by atoms with Crippen LogP contribution < -0.4 is 34.5 Å².